The zero-order valence-electron chi connectivity index (χ0n) is 33.7. The van der Waals surface area contributed by atoms with Gasteiger partial charge in [-0.05, 0) is 90.0 Å². The van der Waals surface area contributed by atoms with Crippen molar-refractivity contribution in [3.63, 3.8) is 0 Å². The molecule has 0 aliphatic heterocycles. The lowest BCUT2D eigenvalue weighted by molar-refractivity contribution is 1.07. The zero-order chi connectivity index (χ0) is 41.2. The number of nitrogens with zero attached hydrogens (tertiary/aromatic N) is 4. The molecule has 0 aliphatic carbocycles. The van der Waals surface area contributed by atoms with E-state index in [0.717, 1.165) is 44.5 Å². The van der Waals surface area contributed by atoms with Gasteiger partial charge in [0.05, 0.1) is 0 Å². The molecular weight excluding hydrogens is 753 g/mol. The topological polar surface area (TPSA) is 51.6 Å². The van der Waals surface area contributed by atoms with Gasteiger partial charge in [-0.1, -0.05) is 200 Å². The molecule has 62 heavy (non-hydrogen) atoms. The molecule has 0 saturated heterocycles. The van der Waals surface area contributed by atoms with Crippen molar-refractivity contribution in [3.05, 3.63) is 231 Å². The molecule has 0 bridgehead atoms. The van der Waals surface area contributed by atoms with Gasteiger partial charge in [0.25, 0.3) is 0 Å². The first-order valence-corrected chi connectivity index (χ1v) is 20.8. The van der Waals surface area contributed by atoms with Crippen molar-refractivity contribution in [2.24, 2.45) is 0 Å². The second kappa shape index (κ2) is 16.0. The van der Waals surface area contributed by atoms with Crippen LogP contribution in [0.15, 0.2) is 231 Å². The summed E-state index contributed by atoms with van der Waals surface area (Å²) >= 11 is 0. The first kappa shape index (κ1) is 36.7. The van der Waals surface area contributed by atoms with Gasteiger partial charge in [0.2, 0.25) is 0 Å². The van der Waals surface area contributed by atoms with Crippen molar-refractivity contribution in [1.29, 1.82) is 0 Å². The molecule has 11 rings (SSSR count). The molecule has 0 atom stereocenters. The Morgan fingerprint density at radius 2 is 0.597 bits per heavy atom. The molecule has 0 aliphatic rings. The highest BCUT2D eigenvalue weighted by Crippen LogP contribution is 2.34. The van der Waals surface area contributed by atoms with E-state index in [0.29, 0.717) is 17.5 Å². The number of hydrogen-bond donors (Lipinski definition) is 0. The quantitative estimate of drug-likeness (QED) is 0.144. The van der Waals surface area contributed by atoms with Crippen molar-refractivity contribution in [3.8, 4) is 89.8 Å². The van der Waals surface area contributed by atoms with Crippen LogP contribution in [0.5, 0.6) is 0 Å². The molecule has 2 heterocycles. The Balaban J connectivity index is 0.885. The van der Waals surface area contributed by atoms with Crippen LogP contribution < -0.4 is 0 Å². The fraction of sp³-hybridized carbons (Fsp3) is 0. The van der Waals surface area contributed by atoms with Crippen LogP contribution in [0.4, 0.5) is 0 Å². The van der Waals surface area contributed by atoms with Crippen molar-refractivity contribution >= 4 is 21.5 Å². The number of hydrogen-bond acceptors (Lipinski definition) is 4. The molecule has 0 amide bonds. The van der Waals surface area contributed by atoms with Crippen molar-refractivity contribution < 1.29 is 0 Å². The van der Waals surface area contributed by atoms with Crippen LogP contribution in [0.1, 0.15) is 0 Å². The minimum atomic E-state index is 0.625. The van der Waals surface area contributed by atoms with Crippen LogP contribution in [0, 0.1) is 0 Å². The van der Waals surface area contributed by atoms with Crippen molar-refractivity contribution in [1.82, 2.24) is 19.9 Å². The van der Waals surface area contributed by atoms with E-state index in [-0.39, 0.29) is 0 Å². The van der Waals surface area contributed by atoms with Gasteiger partial charge >= 0.3 is 0 Å². The molecule has 11 aromatic rings. The van der Waals surface area contributed by atoms with E-state index in [9.17, 15) is 0 Å². The Morgan fingerprint density at radius 3 is 1.11 bits per heavy atom. The van der Waals surface area contributed by atoms with E-state index in [2.05, 4.69) is 211 Å². The largest absolute Gasteiger partial charge is 0.264 e. The number of rotatable bonds is 8. The third-order valence-electron chi connectivity index (χ3n) is 11.7. The Hall–Kier alpha value is -8.34. The fourth-order valence-corrected chi connectivity index (χ4v) is 8.28. The van der Waals surface area contributed by atoms with Crippen LogP contribution in [0.25, 0.3) is 111 Å². The molecule has 0 fully saturated rings. The van der Waals surface area contributed by atoms with Crippen LogP contribution in [0.2, 0.25) is 0 Å². The summed E-state index contributed by atoms with van der Waals surface area (Å²) in [4.78, 5) is 19.6. The maximum absolute atomic E-state index is 5.09. The Kier molecular flexibility index (Phi) is 9.49. The molecule has 0 unspecified atom stereocenters. The molecule has 9 aromatic carbocycles. The van der Waals surface area contributed by atoms with Gasteiger partial charge in [0.15, 0.2) is 17.5 Å². The van der Waals surface area contributed by atoms with Crippen molar-refractivity contribution in [2.75, 3.05) is 0 Å². The van der Waals surface area contributed by atoms with Gasteiger partial charge in [0.1, 0.15) is 0 Å². The molecule has 2 aromatic heterocycles. The standard InChI is InChI=1S/C58H38N4/c1-3-8-39(9-4-1)41-22-27-48(28-23-41)56-60-57(49-29-24-42(25-30-49)40-10-5-2-6-11-40)62-58(61-56)53-13-7-12-50(37-53)45-18-14-43(15-19-45)44-16-20-46(21-17-44)51-32-33-54-52(36-51)31-26-47-34-35-59-38-55(47)54/h1-38H. The summed E-state index contributed by atoms with van der Waals surface area (Å²) in [6.45, 7) is 0. The summed E-state index contributed by atoms with van der Waals surface area (Å²) in [6.07, 6.45) is 3.80. The van der Waals surface area contributed by atoms with Gasteiger partial charge in [-0.2, -0.15) is 0 Å². The minimum absolute atomic E-state index is 0.625. The third kappa shape index (κ3) is 7.31. The maximum atomic E-state index is 5.09. The van der Waals surface area contributed by atoms with E-state index in [1.54, 1.807) is 0 Å². The second-order valence-corrected chi connectivity index (χ2v) is 15.5. The smallest absolute Gasteiger partial charge is 0.164 e. The monoisotopic (exact) mass is 790 g/mol. The number of aromatic nitrogens is 4. The van der Waals surface area contributed by atoms with E-state index < -0.39 is 0 Å². The lowest BCUT2D eigenvalue weighted by Crippen LogP contribution is -2.00. The maximum Gasteiger partial charge on any atom is 0.164 e. The first-order valence-electron chi connectivity index (χ1n) is 20.8. The SMILES string of the molecule is c1ccc(-c2ccc(-c3nc(-c4ccc(-c5ccccc5)cc4)nc(-c4cccc(-c5ccc(-c6ccc(-c7ccc8c(ccc9ccncc98)c7)cc6)cc5)c4)n3)cc2)cc1. The molecule has 0 radical (unpaired) electrons. The van der Waals surface area contributed by atoms with Gasteiger partial charge < -0.3 is 0 Å². The van der Waals surface area contributed by atoms with Gasteiger partial charge in [-0.25, -0.2) is 15.0 Å². The molecule has 0 N–H and O–H groups in total. The van der Waals surface area contributed by atoms with Crippen LogP contribution >= 0.6 is 0 Å². The Bertz CT molecular complexity index is 3240. The predicted octanol–water partition coefficient (Wildman–Crippen LogP) is 14.9. The van der Waals surface area contributed by atoms with Gasteiger partial charge in [-0.3, -0.25) is 4.98 Å². The van der Waals surface area contributed by atoms with Crippen LogP contribution in [0.3, 0.4) is 0 Å². The number of pyridine rings is 1. The average Bonchev–Trinajstić information content (AvgIpc) is 3.37. The summed E-state index contributed by atoms with van der Waals surface area (Å²) in [5.41, 5.74) is 14.3. The van der Waals surface area contributed by atoms with E-state index in [1.165, 1.54) is 49.4 Å². The summed E-state index contributed by atoms with van der Waals surface area (Å²) in [5.74, 6) is 1.88. The lowest BCUT2D eigenvalue weighted by Gasteiger charge is -2.11. The minimum Gasteiger partial charge on any atom is -0.264 e. The number of fused-ring (bicyclic) bond motifs is 3. The van der Waals surface area contributed by atoms with Crippen LogP contribution in [-0.4, -0.2) is 19.9 Å². The molecule has 4 nitrogen and oxygen atoms in total. The summed E-state index contributed by atoms with van der Waals surface area (Å²) < 4.78 is 0. The van der Waals surface area contributed by atoms with Crippen LogP contribution in [-0.2, 0) is 0 Å². The summed E-state index contributed by atoms with van der Waals surface area (Å²) in [5, 5.41) is 4.82. The number of benzene rings is 9. The summed E-state index contributed by atoms with van der Waals surface area (Å²) in [6, 6.07) is 76.9. The summed E-state index contributed by atoms with van der Waals surface area (Å²) in [7, 11) is 0. The highest BCUT2D eigenvalue weighted by atomic mass is 15.0. The first-order chi connectivity index (χ1) is 30.7. The normalized spacial score (nSPS) is 11.2. The second-order valence-electron chi connectivity index (χ2n) is 15.5. The Labute approximate surface area is 360 Å². The molecule has 4 heteroatoms. The van der Waals surface area contributed by atoms with Gasteiger partial charge in [-0.15, -0.1) is 0 Å². The highest BCUT2D eigenvalue weighted by Gasteiger charge is 2.14. The van der Waals surface area contributed by atoms with Crippen molar-refractivity contribution in [2.45, 2.75) is 0 Å². The Morgan fingerprint density at radius 1 is 0.226 bits per heavy atom. The highest BCUT2D eigenvalue weighted by molar-refractivity contribution is 6.08. The average molecular weight is 791 g/mol. The molecule has 0 spiro atoms. The lowest BCUT2D eigenvalue weighted by atomic mass is 9.96. The van der Waals surface area contributed by atoms with E-state index in [4.69, 9.17) is 15.0 Å². The molecular formula is C58H38N4. The van der Waals surface area contributed by atoms with Gasteiger partial charge in [0, 0.05) is 34.5 Å². The molecule has 290 valence electrons. The predicted molar refractivity (Wildman–Crippen MR) is 256 cm³/mol. The van der Waals surface area contributed by atoms with E-state index >= 15 is 0 Å². The third-order valence-corrected chi connectivity index (χ3v) is 11.7. The fourth-order valence-electron chi connectivity index (χ4n) is 8.28. The van der Waals surface area contributed by atoms with E-state index in [1.807, 2.05) is 24.5 Å². The molecule has 0 saturated carbocycles. The zero-order valence-corrected chi connectivity index (χ0v) is 33.7.